The van der Waals surface area contributed by atoms with Crippen LogP contribution < -0.4 is 4.74 Å². The second kappa shape index (κ2) is 6.31. The fourth-order valence-electron chi connectivity index (χ4n) is 2.33. The highest BCUT2D eigenvalue weighted by atomic mass is 19.4. The number of rotatable bonds is 5. The van der Waals surface area contributed by atoms with Gasteiger partial charge in [-0.15, -0.1) is 13.2 Å². The van der Waals surface area contributed by atoms with Gasteiger partial charge in [-0.25, -0.2) is 4.79 Å². The van der Waals surface area contributed by atoms with Gasteiger partial charge in [-0.2, -0.15) is 0 Å². The maximum absolute atomic E-state index is 12.1. The molecule has 0 amide bonds. The summed E-state index contributed by atoms with van der Waals surface area (Å²) in [6.07, 6.45) is -6.21. The van der Waals surface area contributed by atoms with E-state index in [-0.39, 0.29) is 6.42 Å². The summed E-state index contributed by atoms with van der Waals surface area (Å²) in [5.41, 5.74) is 0.415. The second-order valence-corrected chi connectivity index (χ2v) is 5.70. The van der Waals surface area contributed by atoms with Crippen LogP contribution in [0.25, 0.3) is 0 Å². The number of aliphatic carboxylic acids is 1. The van der Waals surface area contributed by atoms with Crippen molar-refractivity contribution in [1.82, 2.24) is 0 Å². The first kappa shape index (κ1) is 18.1. The van der Waals surface area contributed by atoms with Crippen LogP contribution in [-0.4, -0.2) is 35.3 Å². The molecule has 2 atom stereocenters. The van der Waals surface area contributed by atoms with E-state index in [1.54, 1.807) is 0 Å². The first-order valence-corrected chi connectivity index (χ1v) is 6.95. The summed E-state index contributed by atoms with van der Waals surface area (Å²) < 4.78 is 50.3. The van der Waals surface area contributed by atoms with Crippen molar-refractivity contribution in [1.29, 1.82) is 0 Å². The molecule has 1 saturated heterocycles. The third-order valence-electron chi connectivity index (χ3n) is 3.28. The van der Waals surface area contributed by atoms with Crippen molar-refractivity contribution in [2.45, 2.75) is 38.5 Å². The molecule has 0 aromatic heterocycles. The Balaban J connectivity index is 2.11. The summed E-state index contributed by atoms with van der Waals surface area (Å²) in [7, 11) is 0. The first-order valence-electron chi connectivity index (χ1n) is 6.95. The Kier molecular flexibility index (Phi) is 4.75. The number of cyclic esters (lactones) is 1. The lowest BCUT2D eigenvalue weighted by Crippen LogP contribution is -2.35. The van der Waals surface area contributed by atoms with Gasteiger partial charge in [0.1, 0.15) is 5.75 Å². The molecule has 1 fully saturated rings. The van der Waals surface area contributed by atoms with E-state index in [4.69, 9.17) is 9.47 Å². The van der Waals surface area contributed by atoms with Gasteiger partial charge in [0.2, 0.25) is 5.79 Å². The molecule has 1 heterocycles. The molecule has 2 rings (SSSR count). The fraction of sp³-hybridized carbons (Fsp3) is 0.467. The van der Waals surface area contributed by atoms with Crippen molar-refractivity contribution in [2.75, 3.05) is 0 Å². The number of carboxylic acid groups (broad SMARTS) is 1. The Bertz CT molecular complexity index is 623. The molecule has 6 nitrogen and oxygen atoms in total. The lowest BCUT2D eigenvalue weighted by Gasteiger charge is -2.19. The van der Waals surface area contributed by atoms with Crippen LogP contribution in [-0.2, 0) is 25.5 Å². The summed E-state index contributed by atoms with van der Waals surface area (Å²) >= 11 is 0. The molecule has 0 unspecified atom stereocenters. The molecular formula is C15H15F3O6. The first-order chi connectivity index (χ1) is 11.0. The standard InChI is InChI=1S/C15H15F3O6/c1-14(2)23-11(13(21)24-14)10(12(19)20)7-8-3-5-9(6-4-8)22-15(16,17)18/h3-6,10-11H,7H2,1-2H3,(H,19,20)/t10-,11+/m1/s1. The molecule has 132 valence electrons. The number of esters is 1. The average Bonchev–Trinajstić information content (AvgIpc) is 2.69. The van der Waals surface area contributed by atoms with Gasteiger partial charge in [0.25, 0.3) is 0 Å². The Labute approximate surface area is 135 Å². The molecule has 1 aliphatic heterocycles. The number of carbonyl (C=O) groups excluding carboxylic acids is 1. The van der Waals surface area contributed by atoms with E-state index < -0.39 is 41.9 Å². The van der Waals surface area contributed by atoms with Crippen molar-refractivity contribution in [3.63, 3.8) is 0 Å². The predicted molar refractivity (Wildman–Crippen MR) is 73.0 cm³/mol. The summed E-state index contributed by atoms with van der Waals surface area (Å²) in [6, 6.07) is 4.73. The molecule has 1 aromatic carbocycles. The molecule has 24 heavy (non-hydrogen) atoms. The van der Waals surface area contributed by atoms with E-state index in [0.717, 1.165) is 12.1 Å². The largest absolute Gasteiger partial charge is 0.573 e. The zero-order valence-corrected chi connectivity index (χ0v) is 12.8. The van der Waals surface area contributed by atoms with Gasteiger partial charge in [-0.1, -0.05) is 12.1 Å². The van der Waals surface area contributed by atoms with Crippen LogP contribution in [0.5, 0.6) is 5.75 Å². The number of alkyl halides is 3. The highest BCUT2D eigenvalue weighted by molar-refractivity contribution is 5.84. The number of hydrogen-bond donors (Lipinski definition) is 1. The average molecular weight is 348 g/mol. The minimum absolute atomic E-state index is 0.114. The van der Waals surface area contributed by atoms with Crippen LogP contribution in [0.1, 0.15) is 19.4 Å². The number of ether oxygens (including phenoxy) is 3. The molecule has 0 aliphatic carbocycles. The van der Waals surface area contributed by atoms with Gasteiger partial charge in [-0.05, 0) is 24.1 Å². The quantitative estimate of drug-likeness (QED) is 0.824. The maximum Gasteiger partial charge on any atom is 0.573 e. The van der Waals surface area contributed by atoms with Crippen molar-refractivity contribution in [2.24, 2.45) is 5.92 Å². The molecule has 0 saturated carbocycles. The van der Waals surface area contributed by atoms with Crippen LogP contribution >= 0.6 is 0 Å². The maximum atomic E-state index is 12.1. The van der Waals surface area contributed by atoms with Gasteiger partial charge < -0.3 is 19.3 Å². The third kappa shape index (κ3) is 4.60. The Morgan fingerprint density at radius 1 is 1.33 bits per heavy atom. The Morgan fingerprint density at radius 2 is 1.92 bits per heavy atom. The second-order valence-electron chi connectivity index (χ2n) is 5.70. The number of carbonyl (C=O) groups is 2. The van der Waals surface area contributed by atoms with E-state index in [1.165, 1.54) is 26.0 Å². The summed E-state index contributed by atoms with van der Waals surface area (Å²) in [5.74, 6) is -4.93. The number of hydrogen-bond acceptors (Lipinski definition) is 5. The van der Waals surface area contributed by atoms with E-state index in [2.05, 4.69) is 4.74 Å². The molecule has 1 aromatic rings. The van der Waals surface area contributed by atoms with E-state index in [9.17, 15) is 27.9 Å². The van der Waals surface area contributed by atoms with Gasteiger partial charge in [0, 0.05) is 13.8 Å². The number of benzene rings is 1. The van der Waals surface area contributed by atoms with E-state index >= 15 is 0 Å². The monoisotopic (exact) mass is 348 g/mol. The fourth-order valence-corrected chi connectivity index (χ4v) is 2.33. The predicted octanol–water partition coefficient (Wildman–Crippen LogP) is 2.51. The highest BCUT2D eigenvalue weighted by Crippen LogP contribution is 2.30. The highest BCUT2D eigenvalue weighted by Gasteiger charge is 2.47. The molecule has 1 aliphatic rings. The molecular weight excluding hydrogens is 333 g/mol. The van der Waals surface area contributed by atoms with Gasteiger partial charge in [0.05, 0.1) is 5.92 Å². The summed E-state index contributed by atoms with van der Waals surface area (Å²) in [4.78, 5) is 23.2. The van der Waals surface area contributed by atoms with Crippen molar-refractivity contribution < 1.29 is 42.1 Å². The normalized spacial score (nSPS) is 21.2. The summed E-state index contributed by atoms with van der Waals surface area (Å²) in [6.45, 7) is 2.96. The zero-order valence-electron chi connectivity index (χ0n) is 12.8. The lowest BCUT2D eigenvalue weighted by atomic mass is 9.94. The third-order valence-corrected chi connectivity index (χ3v) is 3.28. The molecule has 1 N–H and O–H groups in total. The Morgan fingerprint density at radius 3 is 2.33 bits per heavy atom. The number of carboxylic acids is 1. The minimum Gasteiger partial charge on any atom is -0.481 e. The Hall–Kier alpha value is -2.29. The summed E-state index contributed by atoms with van der Waals surface area (Å²) in [5, 5.41) is 9.33. The van der Waals surface area contributed by atoms with Crippen molar-refractivity contribution >= 4 is 11.9 Å². The van der Waals surface area contributed by atoms with Crippen LogP contribution in [0.2, 0.25) is 0 Å². The smallest absolute Gasteiger partial charge is 0.481 e. The topological polar surface area (TPSA) is 82.1 Å². The van der Waals surface area contributed by atoms with Crippen LogP contribution in [0, 0.1) is 5.92 Å². The lowest BCUT2D eigenvalue weighted by molar-refractivity contribution is -0.274. The van der Waals surface area contributed by atoms with Crippen LogP contribution in [0.4, 0.5) is 13.2 Å². The van der Waals surface area contributed by atoms with Crippen molar-refractivity contribution in [3.05, 3.63) is 29.8 Å². The van der Waals surface area contributed by atoms with Crippen LogP contribution in [0.15, 0.2) is 24.3 Å². The van der Waals surface area contributed by atoms with Gasteiger partial charge in [-0.3, -0.25) is 4.79 Å². The van der Waals surface area contributed by atoms with Crippen LogP contribution in [0.3, 0.4) is 0 Å². The van der Waals surface area contributed by atoms with E-state index in [0.29, 0.717) is 5.56 Å². The molecule has 9 heteroatoms. The zero-order chi connectivity index (χ0) is 18.1. The van der Waals surface area contributed by atoms with Crippen molar-refractivity contribution in [3.8, 4) is 5.75 Å². The minimum atomic E-state index is -4.81. The van der Waals surface area contributed by atoms with Gasteiger partial charge >= 0.3 is 18.3 Å². The molecule has 0 radical (unpaired) electrons. The molecule has 0 bridgehead atoms. The molecule has 0 spiro atoms. The SMILES string of the molecule is CC1(C)OC(=O)[C@H]([C@@H](Cc2ccc(OC(F)(F)F)cc2)C(=O)O)O1. The van der Waals surface area contributed by atoms with E-state index in [1.807, 2.05) is 0 Å². The number of halogens is 3. The van der Waals surface area contributed by atoms with Gasteiger partial charge in [0.15, 0.2) is 6.10 Å².